The van der Waals surface area contributed by atoms with Crippen molar-refractivity contribution >= 4 is 0 Å². The largest absolute Gasteiger partial charge is 0.425 e. The Kier molecular flexibility index (Phi) is 2.08. The van der Waals surface area contributed by atoms with Gasteiger partial charge >= 0.3 is 0 Å². The Hall–Kier alpha value is -0.900. The highest BCUT2D eigenvalue weighted by molar-refractivity contribution is 5.00. The van der Waals surface area contributed by atoms with Crippen molar-refractivity contribution < 1.29 is 4.42 Å². The number of aryl methyl sites for hydroxylation is 1. The van der Waals surface area contributed by atoms with Crippen LogP contribution in [0.5, 0.6) is 0 Å². The highest BCUT2D eigenvalue weighted by Crippen LogP contribution is 2.38. The molecule has 0 spiro atoms. The summed E-state index contributed by atoms with van der Waals surface area (Å²) in [6, 6.07) is 0. The summed E-state index contributed by atoms with van der Waals surface area (Å²) in [6.45, 7) is 0.682. The molecule has 1 aliphatic carbocycles. The van der Waals surface area contributed by atoms with Gasteiger partial charge in [-0.25, -0.2) is 0 Å². The fourth-order valence-corrected chi connectivity index (χ4v) is 1.12. The summed E-state index contributed by atoms with van der Waals surface area (Å²) in [4.78, 5) is 0. The molecule has 0 aromatic carbocycles. The van der Waals surface area contributed by atoms with Crippen LogP contribution in [0, 0.1) is 0 Å². The topological polar surface area (TPSA) is 64.9 Å². The van der Waals surface area contributed by atoms with Crippen LogP contribution in [-0.2, 0) is 6.42 Å². The molecule has 66 valence electrons. The molecule has 0 amide bonds. The van der Waals surface area contributed by atoms with E-state index in [0.717, 1.165) is 24.6 Å². The summed E-state index contributed by atoms with van der Waals surface area (Å²) in [6.07, 6.45) is 4.15. The van der Waals surface area contributed by atoms with Crippen LogP contribution < -0.4 is 5.73 Å². The van der Waals surface area contributed by atoms with E-state index in [-0.39, 0.29) is 0 Å². The molecule has 2 rings (SSSR count). The van der Waals surface area contributed by atoms with E-state index in [2.05, 4.69) is 10.2 Å². The summed E-state index contributed by atoms with van der Waals surface area (Å²) < 4.78 is 5.43. The minimum absolute atomic E-state index is 0.559. The maximum absolute atomic E-state index is 5.43. The zero-order valence-corrected chi connectivity index (χ0v) is 6.99. The molecule has 1 aromatic rings. The van der Waals surface area contributed by atoms with Crippen LogP contribution >= 0.6 is 0 Å². The van der Waals surface area contributed by atoms with E-state index in [0.29, 0.717) is 12.5 Å². The third-order valence-electron chi connectivity index (χ3n) is 2.00. The molecular weight excluding hydrogens is 154 g/mol. The molecule has 0 aliphatic heterocycles. The first-order chi connectivity index (χ1) is 5.90. The van der Waals surface area contributed by atoms with Crippen molar-refractivity contribution in [3.8, 4) is 0 Å². The smallest absolute Gasteiger partial charge is 0.219 e. The second kappa shape index (κ2) is 3.23. The Bertz CT molecular complexity index is 255. The van der Waals surface area contributed by atoms with Gasteiger partial charge in [0.2, 0.25) is 11.8 Å². The fraction of sp³-hybridized carbons (Fsp3) is 0.750. The summed E-state index contributed by atoms with van der Waals surface area (Å²) >= 11 is 0. The molecule has 0 atom stereocenters. The number of hydrogen-bond acceptors (Lipinski definition) is 4. The van der Waals surface area contributed by atoms with Crippen LogP contribution in [0.3, 0.4) is 0 Å². The van der Waals surface area contributed by atoms with Gasteiger partial charge in [-0.05, 0) is 25.8 Å². The lowest BCUT2D eigenvalue weighted by atomic mass is 10.3. The maximum Gasteiger partial charge on any atom is 0.219 e. The highest BCUT2D eigenvalue weighted by atomic mass is 16.4. The van der Waals surface area contributed by atoms with E-state index >= 15 is 0 Å². The first kappa shape index (κ1) is 7.73. The first-order valence-electron chi connectivity index (χ1n) is 4.42. The standard InChI is InChI=1S/C8H13N3O/c9-5-1-2-7-10-11-8(12-7)6-3-4-6/h6H,1-5,9H2. The monoisotopic (exact) mass is 167 g/mol. The molecule has 2 N–H and O–H groups in total. The van der Waals surface area contributed by atoms with Crippen LogP contribution in [0.2, 0.25) is 0 Å². The van der Waals surface area contributed by atoms with Crippen LogP contribution in [-0.4, -0.2) is 16.7 Å². The van der Waals surface area contributed by atoms with Crippen molar-refractivity contribution in [3.05, 3.63) is 11.8 Å². The van der Waals surface area contributed by atoms with Gasteiger partial charge in [-0.15, -0.1) is 10.2 Å². The van der Waals surface area contributed by atoms with Crippen molar-refractivity contribution in [3.63, 3.8) is 0 Å². The van der Waals surface area contributed by atoms with Gasteiger partial charge in [0.25, 0.3) is 0 Å². The quantitative estimate of drug-likeness (QED) is 0.721. The summed E-state index contributed by atoms with van der Waals surface area (Å²) in [5.41, 5.74) is 5.37. The van der Waals surface area contributed by atoms with Gasteiger partial charge in [-0.1, -0.05) is 0 Å². The van der Waals surface area contributed by atoms with Gasteiger partial charge in [0.15, 0.2) is 0 Å². The van der Waals surface area contributed by atoms with Crippen molar-refractivity contribution in [2.45, 2.75) is 31.6 Å². The van der Waals surface area contributed by atoms with E-state index in [1.807, 2.05) is 0 Å². The summed E-state index contributed by atoms with van der Waals surface area (Å²) in [5, 5.41) is 7.92. The number of hydrogen-bond donors (Lipinski definition) is 1. The second-order valence-electron chi connectivity index (χ2n) is 3.20. The van der Waals surface area contributed by atoms with Crippen molar-refractivity contribution in [2.75, 3.05) is 6.54 Å². The molecule has 4 heteroatoms. The van der Waals surface area contributed by atoms with Crippen molar-refractivity contribution in [1.29, 1.82) is 0 Å². The molecule has 0 unspecified atom stereocenters. The lowest BCUT2D eigenvalue weighted by molar-refractivity contribution is 0.446. The third kappa shape index (κ3) is 1.64. The van der Waals surface area contributed by atoms with Gasteiger partial charge in [0.05, 0.1) is 0 Å². The van der Waals surface area contributed by atoms with Gasteiger partial charge in [-0.2, -0.15) is 0 Å². The molecule has 0 radical (unpaired) electrons. The summed E-state index contributed by atoms with van der Waals surface area (Å²) in [5.74, 6) is 2.12. The molecule has 0 bridgehead atoms. The lowest BCUT2D eigenvalue weighted by Crippen LogP contribution is -2.00. The first-order valence-corrected chi connectivity index (χ1v) is 4.42. The van der Waals surface area contributed by atoms with Gasteiger partial charge in [0.1, 0.15) is 0 Å². The van der Waals surface area contributed by atoms with Gasteiger partial charge < -0.3 is 10.2 Å². The van der Waals surface area contributed by atoms with E-state index in [1.165, 1.54) is 12.8 Å². The maximum atomic E-state index is 5.43. The van der Waals surface area contributed by atoms with Crippen LogP contribution in [0.25, 0.3) is 0 Å². The van der Waals surface area contributed by atoms with Crippen LogP contribution in [0.1, 0.15) is 37.0 Å². The van der Waals surface area contributed by atoms with Gasteiger partial charge in [-0.3, -0.25) is 0 Å². The number of rotatable bonds is 4. The van der Waals surface area contributed by atoms with Gasteiger partial charge in [0, 0.05) is 12.3 Å². The minimum atomic E-state index is 0.559. The molecule has 12 heavy (non-hydrogen) atoms. The Labute approximate surface area is 71.2 Å². The predicted octanol–water partition coefficient (Wildman–Crippen LogP) is 0.838. The highest BCUT2D eigenvalue weighted by Gasteiger charge is 2.29. The van der Waals surface area contributed by atoms with Crippen LogP contribution in [0.15, 0.2) is 4.42 Å². The molecule has 1 aromatic heterocycles. The van der Waals surface area contributed by atoms with Crippen molar-refractivity contribution in [1.82, 2.24) is 10.2 Å². The average Bonchev–Trinajstić information content (AvgIpc) is 2.83. The third-order valence-corrected chi connectivity index (χ3v) is 2.00. The molecular formula is C8H13N3O. The number of aromatic nitrogens is 2. The van der Waals surface area contributed by atoms with E-state index in [1.54, 1.807) is 0 Å². The molecule has 1 fully saturated rings. The number of nitrogens with zero attached hydrogens (tertiary/aromatic N) is 2. The Morgan fingerprint density at radius 2 is 2.25 bits per heavy atom. The fourth-order valence-electron chi connectivity index (χ4n) is 1.12. The molecule has 1 saturated carbocycles. The summed E-state index contributed by atoms with van der Waals surface area (Å²) in [7, 11) is 0. The molecule has 1 aliphatic rings. The normalized spacial score (nSPS) is 16.8. The zero-order valence-electron chi connectivity index (χ0n) is 6.99. The molecule has 1 heterocycles. The predicted molar refractivity (Wildman–Crippen MR) is 43.6 cm³/mol. The van der Waals surface area contributed by atoms with Crippen LogP contribution in [0.4, 0.5) is 0 Å². The lowest BCUT2D eigenvalue weighted by Gasteiger charge is -1.89. The Morgan fingerprint density at radius 3 is 2.92 bits per heavy atom. The van der Waals surface area contributed by atoms with Crippen molar-refractivity contribution in [2.24, 2.45) is 5.73 Å². The van der Waals surface area contributed by atoms with E-state index in [4.69, 9.17) is 10.2 Å². The number of nitrogens with two attached hydrogens (primary N) is 1. The average molecular weight is 167 g/mol. The van der Waals surface area contributed by atoms with E-state index in [9.17, 15) is 0 Å². The Morgan fingerprint density at radius 1 is 1.42 bits per heavy atom. The minimum Gasteiger partial charge on any atom is -0.425 e. The SMILES string of the molecule is NCCCc1nnc(C2CC2)o1. The second-order valence-corrected chi connectivity index (χ2v) is 3.20. The Balaban J connectivity index is 1.93. The molecule has 4 nitrogen and oxygen atoms in total. The van der Waals surface area contributed by atoms with E-state index < -0.39 is 0 Å². The molecule has 0 saturated heterocycles. The zero-order chi connectivity index (χ0) is 8.39.